The van der Waals surface area contributed by atoms with Gasteiger partial charge in [-0.2, -0.15) is 0 Å². The lowest BCUT2D eigenvalue weighted by Gasteiger charge is -2.21. The molecule has 0 heterocycles. The van der Waals surface area contributed by atoms with E-state index >= 15 is 0 Å². The Labute approximate surface area is 76.4 Å². The minimum atomic E-state index is 0.443. The maximum Gasteiger partial charge on any atom is -0.00178 e. The van der Waals surface area contributed by atoms with Gasteiger partial charge in [-0.1, -0.05) is 37.6 Å². The third kappa shape index (κ3) is 1.63. The van der Waals surface area contributed by atoms with Crippen LogP contribution in [0.15, 0.2) is 23.8 Å². The fraction of sp³-hybridized carbons (Fsp3) is 0.667. The van der Waals surface area contributed by atoms with E-state index < -0.39 is 0 Å². The highest BCUT2D eigenvalue weighted by atomic mass is 14.4. The molecule has 0 bridgehead atoms. The average molecular weight is 164 g/mol. The highest BCUT2D eigenvalue weighted by Crippen LogP contribution is 2.46. The Bertz CT molecular complexity index is 206. The Hall–Kier alpha value is -0.520. The molecule has 0 aromatic carbocycles. The molecular weight excluding hydrogens is 144 g/mol. The van der Waals surface area contributed by atoms with E-state index in [-0.39, 0.29) is 0 Å². The first-order chi connectivity index (χ1) is 5.61. The Morgan fingerprint density at radius 1 is 1.33 bits per heavy atom. The fourth-order valence-corrected chi connectivity index (χ4v) is 2.36. The van der Waals surface area contributed by atoms with Crippen molar-refractivity contribution in [2.75, 3.05) is 0 Å². The summed E-state index contributed by atoms with van der Waals surface area (Å²) in [5.74, 6) is 0.718. The van der Waals surface area contributed by atoms with Crippen molar-refractivity contribution in [3.05, 3.63) is 23.8 Å². The molecule has 0 saturated heterocycles. The van der Waals surface area contributed by atoms with Crippen LogP contribution >= 0.6 is 0 Å². The standard InChI is InChI=1S/C12H20/c1-5-7-10-8-9-12(3,4)11(10)6-2/h5-7,10H,8-9H2,1-4H3/b7-5+,11-6-/t10-/m0/s1. The van der Waals surface area contributed by atoms with Crippen molar-refractivity contribution in [3.63, 3.8) is 0 Å². The summed E-state index contributed by atoms with van der Waals surface area (Å²) < 4.78 is 0. The van der Waals surface area contributed by atoms with Crippen LogP contribution in [0.25, 0.3) is 0 Å². The summed E-state index contributed by atoms with van der Waals surface area (Å²) in [6.45, 7) is 8.98. The maximum atomic E-state index is 2.35. The van der Waals surface area contributed by atoms with E-state index in [1.54, 1.807) is 5.57 Å². The summed E-state index contributed by atoms with van der Waals surface area (Å²) in [4.78, 5) is 0. The SMILES string of the molecule is C/C=C1/[C@@H](/C=C/C)CCC1(C)C. The van der Waals surface area contributed by atoms with Gasteiger partial charge in [0.05, 0.1) is 0 Å². The normalized spacial score (nSPS) is 32.0. The van der Waals surface area contributed by atoms with Gasteiger partial charge in [-0.15, -0.1) is 0 Å². The third-order valence-corrected chi connectivity index (χ3v) is 3.00. The Kier molecular flexibility index (Phi) is 2.76. The molecule has 1 saturated carbocycles. The third-order valence-electron chi connectivity index (χ3n) is 3.00. The molecule has 0 aromatic rings. The van der Waals surface area contributed by atoms with Gasteiger partial charge >= 0.3 is 0 Å². The molecule has 0 heteroatoms. The van der Waals surface area contributed by atoms with Crippen molar-refractivity contribution >= 4 is 0 Å². The van der Waals surface area contributed by atoms with Crippen molar-refractivity contribution in [3.8, 4) is 0 Å². The van der Waals surface area contributed by atoms with E-state index in [2.05, 4.69) is 45.9 Å². The lowest BCUT2D eigenvalue weighted by atomic mass is 9.84. The second-order valence-corrected chi connectivity index (χ2v) is 4.30. The van der Waals surface area contributed by atoms with Gasteiger partial charge in [0.15, 0.2) is 0 Å². The van der Waals surface area contributed by atoms with Gasteiger partial charge in [0.2, 0.25) is 0 Å². The highest BCUT2D eigenvalue weighted by molar-refractivity contribution is 5.24. The van der Waals surface area contributed by atoms with Crippen LogP contribution < -0.4 is 0 Å². The number of allylic oxidation sites excluding steroid dienone is 4. The summed E-state index contributed by atoms with van der Waals surface area (Å²) in [6.07, 6.45) is 9.48. The number of hydrogen-bond donors (Lipinski definition) is 0. The summed E-state index contributed by atoms with van der Waals surface area (Å²) >= 11 is 0. The first-order valence-electron chi connectivity index (χ1n) is 4.91. The molecule has 1 rings (SSSR count). The molecule has 1 aliphatic rings. The van der Waals surface area contributed by atoms with Crippen molar-refractivity contribution in [1.29, 1.82) is 0 Å². The smallest absolute Gasteiger partial charge is 0.00178 e. The van der Waals surface area contributed by atoms with Crippen molar-refractivity contribution in [1.82, 2.24) is 0 Å². The van der Waals surface area contributed by atoms with Gasteiger partial charge in [-0.25, -0.2) is 0 Å². The molecule has 1 atom stereocenters. The lowest BCUT2D eigenvalue weighted by molar-refractivity contribution is 0.461. The molecule has 0 spiro atoms. The minimum Gasteiger partial charge on any atom is -0.0911 e. The average Bonchev–Trinajstić information content (AvgIpc) is 2.27. The quantitative estimate of drug-likeness (QED) is 0.515. The van der Waals surface area contributed by atoms with E-state index in [4.69, 9.17) is 0 Å². The second-order valence-electron chi connectivity index (χ2n) is 4.30. The zero-order chi connectivity index (χ0) is 9.19. The summed E-state index contributed by atoms with van der Waals surface area (Å²) in [5, 5.41) is 0. The summed E-state index contributed by atoms with van der Waals surface area (Å²) in [5.41, 5.74) is 2.07. The molecular formula is C12H20. The van der Waals surface area contributed by atoms with Crippen LogP contribution in [0.4, 0.5) is 0 Å². The summed E-state index contributed by atoms with van der Waals surface area (Å²) in [7, 11) is 0. The monoisotopic (exact) mass is 164 g/mol. The van der Waals surface area contributed by atoms with E-state index in [0.717, 1.165) is 5.92 Å². The predicted molar refractivity (Wildman–Crippen MR) is 55.1 cm³/mol. The Balaban J connectivity index is 2.84. The van der Waals surface area contributed by atoms with Gasteiger partial charge in [0.1, 0.15) is 0 Å². The molecule has 0 nitrogen and oxygen atoms in total. The van der Waals surface area contributed by atoms with Gasteiger partial charge in [0, 0.05) is 0 Å². The highest BCUT2D eigenvalue weighted by Gasteiger charge is 2.33. The Morgan fingerprint density at radius 2 is 2.00 bits per heavy atom. The maximum absolute atomic E-state index is 2.35. The lowest BCUT2D eigenvalue weighted by Crippen LogP contribution is -2.09. The van der Waals surface area contributed by atoms with Gasteiger partial charge < -0.3 is 0 Å². The molecule has 0 aliphatic heterocycles. The van der Waals surface area contributed by atoms with Crippen molar-refractivity contribution in [2.24, 2.45) is 11.3 Å². The van der Waals surface area contributed by atoms with Crippen LogP contribution in [0.1, 0.15) is 40.5 Å². The fourth-order valence-electron chi connectivity index (χ4n) is 2.36. The van der Waals surface area contributed by atoms with Crippen LogP contribution in [0.5, 0.6) is 0 Å². The van der Waals surface area contributed by atoms with Crippen LogP contribution in [0, 0.1) is 11.3 Å². The van der Waals surface area contributed by atoms with Gasteiger partial charge in [-0.05, 0) is 38.0 Å². The molecule has 0 aromatic heterocycles. The Morgan fingerprint density at radius 3 is 2.50 bits per heavy atom. The molecule has 0 amide bonds. The molecule has 12 heavy (non-hydrogen) atoms. The first-order valence-corrected chi connectivity index (χ1v) is 4.91. The number of rotatable bonds is 1. The largest absolute Gasteiger partial charge is 0.0911 e. The van der Waals surface area contributed by atoms with Crippen molar-refractivity contribution < 1.29 is 0 Å². The zero-order valence-corrected chi connectivity index (χ0v) is 8.72. The molecule has 0 N–H and O–H groups in total. The van der Waals surface area contributed by atoms with Crippen LogP contribution in [-0.4, -0.2) is 0 Å². The van der Waals surface area contributed by atoms with Crippen molar-refractivity contribution in [2.45, 2.75) is 40.5 Å². The number of hydrogen-bond acceptors (Lipinski definition) is 0. The van der Waals surface area contributed by atoms with Crippen LogP contribution in [-0.2, 0) is 0 Å². The zero-order valence-electron chi connectivity index (χ0n) is 8.72. The molecule has 0 unspecified atom stereocenters. The van der Waals surface area contributed by atoms with Gasteiger partial charge in [0.25, 0.3) is 0 Å². The van der Waals surface area contributed by atoms with E-state index in [1.165, 1.54) is 12.8 Å². The van der Waals surface area contributed by atoms with E-state index in [1.807, 2.05) is 0 Å². The van der Waals surface area contributed by atoms with Crippen LogP contribution in [0.2, 0.25) is 0 Å². The van der Waals surface area contributed by atoms with Gasteiger partial charge in [-0.3, -0.25) is 0 Å². The molecule has 1 fully saturated rings. The first kappa shape index (κ1) is 9.57. The topological polar surface area (TPSA) is 0 Å². The minimum absolute atomic E-state index is 0.443. The molecule has 0 radical (unpaired) electrons. The molecule has 68 valence electrons. The second kappa shape index (κ2) is 3.47. The summed E-state index contributed by atoms with van der Waals surface area (Å²) in [6, 6.07) is 0. The predicted octanol–water partition coefficient (Wildman–Crippen LogP) is 3.95. The van der Waals surface area contributed by atoms with E-state index in [0.29, 0.717) is 5.41 Å². The van der Waals surface area contributed by atoms with E-state index in [9.17, 15) is 0 Å². The molecule has 1 aliphatic carbocycles. The van der Waals surface area contributed by atoms with Crippen LogP contribution in [0.3, 0.4) is 0 Å².